The Labute approximate surface area is 137 Å². The van der Waals surface area contributed by atoms with E-state index in [9.17, 15) is 19.2 Å². The molecule has 0 spiro atoms. The van der Waals surface area contributed by atoms with E-state index >= 15 is 0 Å². The lowest BCUT2D eigenvalue weighted by Gasteiger charge is -2.14. The minimum absolute atomic E-state index is 0.0821. The predicted octanol–water partition coefficient (Wildman–Crippen LogP) is -0.158. The van der Waals surface area contributed by atoms with E-state index in [0.29, 0.717) is 16.4 Å². The van der Waals surface area contributed by atoms with Crippen molar-refractivity contribution in [3.05, 3.63) is 23.8 Å². The fourth-order valence-electron chi connectivity index (χ4n) is 2.42. The van der Waals surface area contributed by atoms with E-state index in [1.165, 1.54) is 0 Å². The molecule has 9 heteroatoms. The van der Waals surface area contributed by atoms with Crippen LogP contribution in [0.25, 0.3) is 0 Å². The van der Waals surface area contributed by atoms with Crippen LogP contribution in [0.4, 0.5) is 4.79 Å². The summed E-state index contributed by atoms with van der Waals surface area (Å²) in [6, 6.07) is 4.46. The zero-order chi connectivity index (χ0) is 17.3. The number of amides is 5. The molecule has 126 valence electrons. The highest BCUT2D eigenvalue weighted by Gasteiger charge is 2.44. The zero-order valence-corrected chi connectivity index (χ0v) is 12.9. The number of nitrogens with one attached hydrogen (secondary N) is 1. The van der Waals surface area contributed by atoms with Gasteiger partial charge in [0.1, 0.15) is 6.54 Å². The van der Waals surface area contributed by atoms with Crippen molar-refractivity contribution in [1.82, 2.24) is 15.1 Å². The summed E-state index contributed by atoms with van der Waals surface area (Å²) in [6.07, 6.45) is 0. The molecule has 1 fully saturated rings. The average Bonchev–Trinajstić information content (AvgIpc) is 3.11. The fraction of sp³-hybridized carbons (Fsp3) is 0.333. The van der Waals surface area contributed by atoms with Gasteiger partial charge in [-0.3, -0.25) is 19.3 Å². The molecule has 0 aliphatic carbocycles. The molecule has 1 saturated heterocycles. The van der Waals surface area contributed by atoms with Crippen LogP contribution in [0.5, 0.6) is 11.5 Å². The van der Waals surface area contributed by atoms with Gasteiger partial charge < -0.3 is 14.8 Å². The number of urea groups is 1. The Bertz CT molecular complexity index is 732. The SMILES string of the molecule is CCN1C(=O)C(=O)N(CC(=O)NCc2ccc3c(c2)OCO3)C1=O. The molecule has 0 radical (unpaired) electrons. The Morgan fingerprint density at radius 1 is 1.12 bits per heavy atom. The molecule has 3 rings (SSSR count). The Hall–Kier alpha value is -3.10. The van der Waals surface area contributed by atoms with Crippen molar-refractivity contribution in [2.75, 3.05) is 19.9 Å². The van der Waals surface area contributed by atoms with Crippen molar-refractivity contribution in [3.63, 3.8) is 0 Å². The highest BCUT2D eigenvalue weighted by molar-refractivity contribution is 6.45. The second kappa shape index (κ2) is 6.19. The maximum absolute atomic E-state index is 12.0. The number of fused-ring (bicyclic) bond motifs is 1. The van der Waals surface area contributed by atoms with Gasteiger partial charge in [0.05, 0.1) is 0 Å². The quantitative estimate of drug-likeness (QED) is 0.593. The zero-order valence-electron chi connectivity index (χ0n) is 12.9. The van der Waals surface area contributed by atoms with Crippen LogP contribution in [-0.4, -0.2) is 53.4 Å². The standard InChI is InChI=1S/C15H15N3O6/c1-2-17-13(20)14(21)18(15(17)22)7-12(19)16-6-9-3-4-10-11(5-9)24-8-23-10/h3-5H,2,6-8H2,1H3,(H,16,19). The van der Waals surface area contributed by atoms with Crippen molar-refractivity contribution in [2.24, 2.45) is 0 Å². The molecule has 1 aromatic rings. The third kappa shape index (κ3) is 2.75. The number of hydrogen-bond donors (Lipinski definition) is 1. The lowest BCUT2D eigenvalue weighted by Crippen LogP contribution is -2.41. The number of ether oxygens (including phenoxy) is 2. The monoisotopic (exact) mass is 333 g/mol. The van der Waals surface area contributed by atoms with Gasteiger partial charge >= 0.3 is 17.8 Å². The largest absolute Gasteiger partial charge is 0.454 e. The summed E-state index contributed by atoms with van der Waals surface area (Å²) in [4.78, 5) is 48.6. The normalized spacial score (nSPS) is 16.1. The average molecular weight is 333 g/mol. The first kappa shape index (κ1) is 15.8. The van der Waals surface area contributed by atoms with E-state index in [1.807, 2.05) is 0 Å². The van der Waals surface area contributed by atoms with E-state index < -0.39 is 30.3 Å². The number of imide groups is 2. The molecular weight excluding hydrogens is 318 g/mol. The lowest BCUT2D eigenvalue weighted by atomic mass is 10.2. The van der Waals surface area contributed by atoms with Gasteiger partial charge in [-0.2, -0.15) is 0 Å². The number of likely N-dealkylation sites (N-methyl/N-ethyl adjacent to an activating group) is 1. The fourth-order valence-corrected chi connectivity index (χ4v) is 2.42. The molecule has 2 aliphatic heterocycles. The first-order chi connectivity index (χ1) is 11.5. The highest BCUT2D eigenvalue weighted by atomic mass is 16.7. The Morgan fingerprint density at radius 3 is 2.54 bits per heavy atom. The van der Waals surface area contributed by atoms with Crippen molar-refractivity contribution >= 4 is 23.8 Å². The maximum atomic E-state index is 12.0. The minimum Gasteiger partial charge on any atom is -0.454 e. The molecule has 5 amide bonds. The van der Waals surface area contributed by atoms with Crippen molar-refractivity contribution in [1.29, 1.82) is 0 Å². The second-order valence-corrected chi connectivity index (χ2v) is 5.19. The molecule has 0 saturated carbocycles. The van der Waals surface area contributed by atoms with Gasteiger partial charge in [-0.25, -0.2) is 9.69 Å². The molecule has 1 N–H and O–H groups in total. The minimum atomic E-state index is -0.986. The first-order valence-electron chi connectivity index (χ1n) is 7.33. The molecule has 1 aromatic carbocycles. The summed E-state index contributed by atoms with van der Waals surface area (Å²) in [7, 11) is 0. The molecule has 0 aromatic heterocycles. The van der Waals surface area contributed by atoms with Crippen LogP contribution in [0.3, 0.4) is 0 Å². The Balaban J connectivity index is 1.57. The molecule has 0 atom stereocenters. The number of carbonyl (C=O) groups is 4. The first-order valence-corrected chi connectivity index (χ1v) is 7.33. The Kier molecular flexibility index (Phi) is 4.07. The summed E-state index contributed by atoms with van der Waals surface area (Å²) in [5.41, 5.74) is 0.776. The second-order valence-electron chi connectivity index (χ2n) is 5.19. The van der Waals surface area contributed by atoms with Crippen molar-refractivity contribution in [2.45, 2.75) is 13.5 Å². The smallest absolute Gasteiger partial charge is 0.334 e. The topological polar surface area (TPSA) is 105 Å². The molecule has 24 heavy (non-hydrogen) atoms. The molecule has 2 heterocycles. The number of rotatable bonds is 5. The highest BCUT2D eigenvalue weighted by Crippen LogP contribution is 2.32. The van der Waals surface area contributed by atoms with Gasteiger partial charge in [0.25, 0.3) is 0 Å². The van der Waals surface area contributed by atoms with Crippen molar-refractivity contribution < 1.29 is 28.7 Å². The number of benzene rings is 1. The van der Waals surface area contributed by atoms with Gasteiger partial charge in [-0.15, -0.1) is 0 Å². The number of nitrogens with zero attached hydrogens (tertiary/aromatic N) is 2. The number of carbonyl (C=O) groups excluding carboxylic acids is 4. The van der Waals surface area contributed by atoms with Crippen LogP contribution in [0.15, 0.2) is 18.2 Å². The lowest BCUT2D eigenvalue weighted by molar-refractivity contribution is -0.143. The van der Waals surface area contributed by atoms with Crippen LogP contribution in [-0.2, 0) is 20.9 Å². The van der Waals surface area contributed by atoms with Gasteiger partial charge in [0.2, 0.25) is 12.7 Å². The van der Waals surface area contributed by atoms with Gasteiger partial charge in [-0.05, 0) is 24.6 Å². The maximum Gasteiger partial charge on any atom is 0.334 e. The van der Waals surface area contributed by atoms with Crippen LogP contribution in [0.1, 0.15) is 12.5 Å². The van der Waals surface area contributed by atoms with E-state index in [-0.39, 0.29) is 19.9 Å². The third-order valence-corrected chi connectivity index (χ3v) is 3.68. The van der Waals surface area contributed by atoms with Crippen LogP contribution < -0.4 is 14.8 Å². The molecule has 0 bridgehead atoms. The molecule has 0 unspecified atom stereocenters. The predicted molar refractivity (Wildman–Crippen MR) is 78.9 cm³/mol. The van der Waals surface area contributed by atoms with E-state index in [1.54, 1.807) is 25.1 Å². The van der Waals surface area contributed by atoms with E-state index in [0.717, 1.165) is 10.5 Å². The summed E-state index contributed by atoms with van der Waals surface area (Å²) in [6.45, 7) is 1.51. The van der Waals surface area contributed by atoms with E-state index in [4.69, 9.17) is 9.47 Å². The Morgan fingerprint density at radius 2 is 1.83 bits per heavy atom. The summed E-state index contributed by atoms with van der Waals surface area (Å²) in [5.74, 6) is -1.21. The number of hydrogen-bond acceptors (Lipinski definition) is 6. The van der Waals surface area contributed by atoms with Gasteiger partial charge in [-0.1, -0.05) is 6.07 Å². The summed E-state index contributed by atoms with van der Waals surface area (Å²) < 4.78 is 10.4. The van der Waals surface area contributed by atoms with Gasteiger partial charge in [0.15, 0.2) is 11.5 Å². The third-order valence-electron chi connectivity index (χ3n) is 3.68. The van der Waals surface area contributed by atoms with Crippen LogP contribution in [0.2, 0.25) is 0 Å². The molecule has 9 nitrogen and oxygen atoms in total. The molecular formula is C15H15N3O6. The van der Waals surface area contributed by atoms with Gasteiger partial charge in [0, 0.05) is 13.1 Å². The molecule has 2 aliphatic rings. The van der Waals surface area contributed by atoms with Crippen molar-refractivity contribution in [3.8, 4) is 11.5 Å². The van der Waals surface area contributed by atoms with Crippen LogP contribution >= 0.6 is 0 Å². The summed E-state index contributed by atoms with van der Waals surface area (Å²) >= 11 is 0. The van der Waals surface area contributed by atoms with Crippen LogP contribution in [0, 0.1) is 0 Å². The summed E-state index contributed by atoms with van der Waals surface area (Å²) in [5, 5.41) is 2.59. The van der Waals surface area contributed by atoms with E-state index in [2.05, 4.69) is 5.32 Å².